The van der Waals surface area contributed by atoms with Crippen molar-refractivity contribution in [2.45, 2.75) is 9.79 Å². The second-order valence-corrected chi connectivity index (χ2v) is 6.98. The molecule has 0 aliphatic heterocycles. The molecule has 0 amide bonds. The number of phenols is 1. The zero-order valence-corrected chi connectivity index (χ0v) is 12.4. The molecule has 0 saturated heterocycles. The smallest absolute Gasteiger partial charge is 0.298 e. The summed E-state index contributed by atoms with van der Waals surface area (Å²) in [6.07, 6.45) is 0. The number of aromatic hydroxyl groups is 1. The monoisotopic (exact) mass is 344 g/mol. The molecule has 0 atom stereocenters. The maximum absolute atomic E-state index is 11.0. The van der Waals surface area contributed by atoms with Crippen LogP contribution < -0.4 is 5.32 Å². The zero-order chi connectivity index (χ0) is 16.5. The van der Waals surface area contributed by atoms with E-state index in [4.69, 9.17) is 9.11 Å². The first kappa shape index (κ1) is 16.2. The fraction of sp³-hybridized carbons (Fsp3) is 0. The largest absolute Gasteiger partial charge is 0.506 e. The third-order valence-corrected chi connectivity index (χ3v) is 4.27. The Kier molecular flexibility index (Phi) is 4.11. The van der Waals surface area contributed by atoms with Gasteiger partial charge in [0.05, 0.1) is 0 Å². The summed E-state index contributed by atoms with van der Waals surface area (Å²) >= 11 is 0. The fourth-order valence-corrected chi connectivity index (χ4v) is 2.71. The van der Waals surface area contributed by atoms with Crippen LogP contribution in [0.25, 0.3) is 0 Å². The molecular weight excluding hydrogens is 334 g/mol. The van der Waals surface area contributed by atoms with Gasteiger partial charge in [0.2, 0.25) is 0 Å². The van der Waals surface area contributed by atoms with Crippen LogP contribution in [0, 0.1) is 6.07 Å². The van der Waals surface area contributed by atoms with Gasteiger partial charge in [0, 0.05) is 23.5 Å². The van der Waals surface area contributed by atoms with Crippen LogP contribution in [0.3, 0.4) is 0 Å². The average Bonchev–Trinajstić information content (AvgIpc) is 2.36. The Bertz CT molecular complexity index is 920. The first-order valence-electron chi connectivity index (χ1n) is 5.64. The summed E-state index contributed by atoms with van der Waals surface area (Å²) in [7, 11) is -8.95. The minimum Gasteiger partial charge on any atom is -0.506 e. The number of benzene rings is 2. The van der Waals surface area contributed by atoms with E-state index >= 15 is 0 Å². The molecule has 0 heterocycles. The van der Waals surface area contributed by atoms with Gasteiger partial charge in [-0.25, -0.2) is 0 Å². The van der Waals surface area contributed by atoms with Crippen molar-refractivity contribution in [1.29, 1.82) is 0 Å². The van der Waals surface area contributed by atoms with Crippen molar-refractivity contribution in [3.05, 3.63) is 42.5 Å². The van der Waals surface area contributed by atoms with Gasteiger partial charge < -0.3 is 10.4 Å². The normalized spacial score (nSPS) is 12.1. The molecule has 117 valence electrons. The molecule has 1 radical (unpaired) electrons. The van der Waals surface area contributed by atoms with E-state index in [-0.39, 0.29) is 11.4 Å². The topological polar surface area (TPSA) is 141 Å². The third-order valence-electron chi connectivity index (χ3n) is 2.58. The van der Waals surface area contributed by atoms with E-state index in [1.807, 2.05) is 0 Å². The van der Waals surface area contributed by atoms with Gasteiger partial charge in [0.25, 0.3) is 20.2 Å². The molecule has 0 fully saturated rings. The van der Waals surface area contributed by atoms with Gasteiger partial charge in [-0.05, 0) is 24.3 Å². The summed E-state index contributed by atoms with van der Waals surface area (Å²) in [5, 5.41) is 12.3. The molecule has 0 bridgehead atoms. The molecule has 0 aliphatic carbocycles. The van der Waals surface area contributed by atoms with Crippen LogP contribution in [-0.4, -0.2) is 31.0 Å². The minimum atomic E-state index is -4.54. The number of anilines is 2. The molecule has 2 rings (SSSR count). The average molecular weight is 344 g/mol. The van der Waals surface area contributed by atoms with Crippen molar-refractivity contribution in [3.63, 3.8) is 0 Å². The highest BCUT2D eigenvalue weighted by atomic mass is 32.2. The van der Waals surface area contributed by atoms with Crippen molar-refractivity contribution in [2.75, 3.05) is 5.32 Å². The van der Waals surface area contributed by atoms with Gasteiger partial charge in [0.1, 0.15) is 15.5 Å². The van der Waals surface area contributed by atoms with E-state index in [2.05, 4.69) is 11.4 Å². The predicted octanol–water partition coefficient (Wildman–Crippen LogP) is 1.43. The van der Waals surface area contributed by atoms with Crippen LogP contribution in [0.1, 0.15) is 0 Å². The highest BCUT2D eigenvalue weighted by Gasteiger charge is 2.15. The molecule has 4 N–H and O–H groups in total. The van der Waals surface area contributed by atoms with Crippen LogP contribution in [0.2, 0.25) is 0 Å². The van der Waals surface area contributed by atoms with Gasteiger partial charge in [-0.2, -0.15) is 16.8 Å². The zero-order valence-electron chi connectivity index (χ0n) is 10.8. The first-order chi connectivity index (χ1) is 10.1. The molecule has 0 spiro atoms. The van der Waals surface area contributed by atoms with E-state index < -0.39 is 35.8 Å². The standard InChI is InChI=1S/C12H10NO7S2/c14-11-7-9(4-5-12(11)22(18,19)20)13-8-2-1-3-10(6-8)21(15,16)17/h1-2,4-7,13-14H,(H,15,16,17)(H,18,19,20). The van der Waals surface area contributed by atoms with Crippen molar-refractivity contribution >= 4 is 31.6 Å². The molecular formula is C12H10NO7S2. The Hall–Kier alpha value is -2.14. The van der Waals surface area contributed by atoms with Crippen molar-refractivity contribution in [3.8, 4) is 5.75 Å². The molecule has 22 heavy (non-hydrogen) atoms. The summed E-state index contributed by atoms with van der Waals surface area (Å²) in [5.74, 6) is -0.676. The molecule has 10 heteroatoms. The van der Waals surface area contributed by atoms with Crippen molar-refractivity contribution in [1.82, 2.24) is 0 Å². The van der Waals surface area contributed by atoms with Crippen molar-refractivity contribution in [2.24, 2.45) is 0 Å². The van der Waals surface area contributed by atoms with Crippen LogP contribution in [0.5, 0.6) is 5.75 Å². The molecule has 0 saturated carbocycles. The minimum absolute atomic E-state index is 0.234. The van der Waals surface area contributed by atoms with E-state index in [1.165, 1.54) is 18.2 Å². The van der Waals surface area contributed by atoms with Crippen molar-refractivity contribution < 1.29 is 31.0 Å². The lowest BCUT2D eigenvalue weighted by Crippen LogP contribution is -2.01. The SMILES string of the molecule is O=S(=O)(O)c1[c]ccc(Nc2ccc(S(=O)(=O)O)c(O)c2)c1. The lowest BCUT2D eigenvalue weighted by atomic mass is 10.2. The molecule has 8 nitrogen and oxygen atoms in total. The Labute approximate surface area is 126 Å². The Balaban J connectivity index is 2.35. The Morgan fingerprint density at radius 2 is 1.55 bits per heavy atom. The lowest BCUT2D eigenvalue weighted by Gasteiger charge is -2.09. The van der Waals surface area contributed by atoms with E-state index in [0.29, 0.717) is 0 Å². The molecule has 0 aromatic heterocycles. The van der Waals surface area contributed by atoms with Gasteiger partial charge in [-0.3, -0.25) is 9.11 Å². The summed E-state index contributed by atoms with van der Waals surface area (Å²) in [6.45, 7) is 0. The van der Waals surface area contributed by atoms with E-state index in [1.54, 1.807) is 0 Å². The predicted molar refractivity (Wildman–Crippen MR) is 76.3 cm³/mol. The molecule has 0 unspecified atom stereocenters. The second kappa shape index (κ2) is 5.57. The number of hydrogen-bond donors (Lipinski definition) is 4. The highest BCUT2D eigenvalue weighted by molar-refractivity contribution is 7.86. The van der Waals surface area contributed by atoms with Crippen LogP contribution in [0.4, 0.5) is 11.4 Å². The number of hydrogen-bond acceptors (Lipinski definition) is 6. The number of phenolic OH excluding ortho intramolecular Hbond substituents is 1. The quantitative estimate of drug-likeness (QED) is 0.610. The maximum Gasteiger partial charge on any atom is 0.298 e. The summed E-state index contributed by atoms with van der Waals surface area (Å²) in [5.41, 5.74) is 0.489. The molecule has 2 aromatic rings. The second-order valence-electron chi connectivity index (χ2n) is 4.20. The summed E-state index contributed by atoms with van der Waals surface area (Å²) in [6, 6.07) is 9.41. The summed E-state index contributed by atoms with van der Waals surface area (Å²) in [4.78, 5) is -1.10. The van der Waals surface area contributed by atoms with E-state index in [0.717, 1.165) is 18.2 Å². The Morgan fingerprint density at radius 3 is 2.09 bits per heavy atom. The number of rotatable bonds is 4. The fourth-order valence-electron chi connectivity index (χ4n) is 1.65. The lowest BCUT2D eigenvalue weighted by molar-refractivity contribution is 0.443. The Morgan fingerprint density at radius 1 is 0.909 bits per heavy atom. The van der Waals surface area contributed by atoms with Gasteiger partial charge >= 0.3 is 0 Å². The number of nitrogens with one attached hydrogen (secondary N) is 1. The highest BCUT2D eigenvalue weighted by Crippen LogP contribution is 2.28. The molecule has 0 aliphatic rings. The first-order valence-corrected chi connectivity index (χ1v) is 8.52. The summed E-state index contributed by atoms with van der Waals surface area (Å²) < 4.78 is 61.7. The maximum atomic E-state index is 11.0. The van der Waals surface area contributed by atoms with Crippen LogP contribution in [-0.2, 0) is 20.2 Å². The van der Waals surface area contributed by atoms with Gasteiger partial charge in [-0.1, -0.05) is 6.07 Å². The van der Waals surface area contributed by atoms with Gasteiger partial charge in [0.15, 0.2) is 0 Å². The van der Waals surface area contributed by atoms with E-state index in [9.17, 15) is 21.9 Å². The van der Waals surface area contributed by atoms with Crippen LogP contribution >= 0.6 is 0 Å². The third kappa shape index (κ3) is 3.74. The molecule has 2 aromatic carbocycles. The van der Waals surface area contributed by atoms with Gasteiger partial charge in [-0.15, -0.1) is 0 Å². The van der Waals surface area contributed by atoms with Crippen LogP contribution in [0.15, 0.2) is 46.2 Å².